The first-order valence-corrected chi connectivity index (χ1v) is 9.50. The number of esters is 1. The number of nitrogens with zero attached hydrogens (tertiary/aromatic N) is 2. The topological polar surface area (TPSA) is 117 Å². The van der Waals surface area contributed by atoms with E-state index in [1.165, 1.54) is 36.8 Å². The molecule has 0 bridgehead atoms. The summed E-state index contributed by atoms with van der Waals surface area (Å²) in [5.74, 6) is -0.650. The Hall–Kier alpha value is -2.95. The maximum absolute atomic E-state index is 12.5. The number of benzene rings is 2. The van der Waals surface area contributed by atoms with Crippen molar-refractivity contribution in [2.45, 2.75) is 24.7 Å². The Morgan fingerprint density at radius 1 is 1.37 bits per heavy atom. The minimum absolute atomic E-state index is 0.0112. The van der Waals surface area contributed by atoms with Gasteiger partial charge >= 0.3 is 5.97 Å². The molecular weight excluding hydrogens is 436 g/mol. The van der Waals surface area contributed by atoms with E-state index >= 15 is 0 Å². The van der Waals surface area contributed by atoms with E-state index in [1.807, 2.05) is 0 Å². The van der Waals surface area contributed by atoms with Gasteiger partial charge in [-0.2, -0.15) is 0 Å². The molecule has 1 aliphatic heterocycles. The molecule has 156 valence electrons. The van der Waals surface area contributed by atoms with Gasteiger partial charge in [0.15, 0.2) is 5.58 Å². The van der Waals surface area contributed by atoms with Crippen molar-refractivity contribution in [1.29, 1.82) is 0 Å². The molecule has 0 spiro atoms. The maximum Gasteiger partial charge on any atom is 0.352 e. The van der Waals surface area contributed by atoms with Crippen LogP contribution in [0.2, 0.25) is 5.02 Å². The predicted molar refractivity (Wildman–Crippen MR) is 108 cm³/mol. The normalized spacial score (nSPS) is 22.9. The Kier molecular flexibility index (Phi) is 4.80. The number of carbonyl (C=O) groups is 1. The van der Waals surface area contributed by atoms with Gasteiger partial charge in [-0.25, -0.2) is 4.79 Å². The number of nitro benzene ring substituents is 1. The highest BCUT2D eigenvalue weighted by Gasteiger charge is 2.54. The Morgan fingerprint density at radius 2 is 2.10 bits per heavy atom. The van der Waals surface area contributed by atoms with Crippen molar-refractivity contribution in [2.75, 3.05) is 7.11 Å². The van der Waals surface area contributed by atoms with Crippen LogP contribution in [-0.2, 0) is 9.53 Å². The fourth-order valence-electron chi connectivity index (χ4n) is 3.65. The monoisotopic (exact) mass is 450 g/mol. The summed E-state index contributed by atoms with van der Waals surface area (Å²) in [6, 6.07) is 7.65. The van der Waals surface area contributed by atoms with Crippen molar-refractivity contribution in [3.63, 3.8) is 0 Å². The second-order valence-corrected chi connectivity index (χ2v) is 7.71. The molecule has 1 aliphatic rings. The summed E-state index contributed by atoms with van der Waals surface area (Å²) in [5, 5.41) is 23.0. The Labute approximate surface area is 179 Å². The molecule has 0 radical (unpaired) electrons. The highest BCUT2D eigenvalue weighted by molar-refractivity contribution is 7.71. The van der Waals surface area contributed by atoms with Crippen LogP contribution in [0.4, 0.5) is 5.69 Å². The van der Waals surface area contributed by atoms with Crippen LogP contribution in [0.25, 0.3) is 11.1 Å². The SMILES string of the molecule is COC(=O)[C@]1(C)Oc2ccc([N+](=O)[O-])cc2[C@@H](n2c(=S)oc3ccc(Cl)cc32)[C@H]1O. The summed E-state index contributed by atoms with van der Waals surface area (Å²) in [7, 11) is 1.17. The van der Waals surface area contributed by atoms with Crippen LogP contribution in [0.15, 0.2) is 40.8 Å². The van der Waals surface area contributed by atoms with E-state index in [2.05, 4.69) is 0 Å². The molecule has 1 aromatic heterocycles. The number of rotatable bonds is 3. The number of halogens is 1. The summed E-state index contributed by atoms with van der Waals surface area (Å²) < 4.78 is 17.7. The van der Waals surface area contributed by atoms with Crippen LogP contribution in [0.1, 0.15) is 18.5 Å². The largest absolute Gasteiger partial charge is 0.473 e. The lowest BCUT2D eigenvalue weighted by Crippen LogP contribution is -2.58. The van der Waals surface area contributed by atoms with Crippen molar-refractivity contribution in [3.8, 4) is 5.75 Å². The number of methoxy groups -OCH3 is 1. The summed E-state index contributed by atoms with van der Waals surface area (Å²) in [4.78, 5) is 23.3. The minimum atomic E-state index is -1.81. The van der Waals surface area contributed by atoms with Crippen molar-refractivity contribution < 1.29 is 28.7 Å². The first-order valence-electron chi connectivity index (χ1n) is 8.72. The van der Waals surface area contributed by atoms with E-state index in [-0.39, 0.29) is 21.8 Å². The molecule has 1 N–H and O–H groups in total. The van der Waals surface area contributed by atoms with Gasteiger partial charge < -0.3 is 19.0 Å². The number of aromatic nitrogens is 1. The number of hydrogen-bond acceptors (Lipinski definition) is 8. The summed E-state index contributed by atoms with van der Waals surface area (Å²) in [6.45, 7) is 1.37. The van der Waals surface area contributed by atoms with E-state index in [0.29, 0.717) is 16.1 Å². The molecule has 0 unspecified atom stereocenters. The van der Waals surface area contributed by atoms with Crippen molar-refractivity contribution in [2.24, 2.45) is 0 Å². The number of nitro groups is 1. The zero-order chi connectivity index (χ0) is 21.8. The number of aliphatic hydroxyl groups excluding tert-OH is 1. The third-order valence-corrected chi connectivity index (χ3v) is 5.67. The highest BCUT2D eigenvalue weighted by atomic mass is 35.5. The van der Waals surface area contributed by atoms with Crippen LogP contribution in [0.3, 0.4) is 0 Å². The summed E-state index contributed by atoms with van der Waals surface area (Å²) in [5.41, 5.74) is -0.914. The van der Waals surface area contributed by atoms with E-state index in [1.54, 1.807) is 18.2 Å². The summed E-state index contributed by atoms with van der Waals surface area (Å²) in [6.07, 6.45) is -1.52. The summed E-state index contributed by atoms with van der Waals surface area (Å²) >= 11 is 11.5. The lowest BCUT2D eigenvalue weighted by Gasteiger charge is -2.42. The molecule has 2 heterocycles. The van der Waals surface area contributed by atoms with Crippen LogP contribution < -0.4 is 4.74 Å². The van der Waals surface area contributed by atoms with Crippen molar-refractivity contribution in [3.05, 3.63) is 61.9 Å². The Balaban J connectivity index is 2.05. The van der Waals surface area contributed by atoms with Gasteiger partial charge in [0.1, 0.15) is 11.9 Å². The van der Waals surface area contributed by atoms with E-state index in [0.717, 1.165) is 0 Å². The van der Waals surface area contributed by atoms with Gasteiger partial charge in [0.25, 0.3) is 10.5 Å². The number of aliphatic hydroxyl groups is 1. The molecule has 0 saturated heterocycles. The maximum atomic E-state index is 12.5. The second-order valence-electron chi connectivity index (χ2n) is 6.92. The number of ether oxygens (including phenoxy) is 2. The highest BCUT2D eigenvalue weighted by Crippen LogP contribution is 2.45. The van der Waals surface area contributed by atoms with E-state index in [9.17, 15) is 20.0 Å². The fraction of sp³-hybridized carbons (Fsp3) is 0.263. The first kappa shape index (κ1) is 20.3. The van der Waals surface area contributed by atoms with E-state index in [4.69, 9.17) is 37.7 Å². The molecule has 0 aliphatic carbocycles. The molecular formula is C19H15ClN2O7S. The van der Waals surface area contributed by atoms with Crippen LogP contribution in [0, 0.1) is 15.0 Å². The first-order chi connectivity index (χ1) is 14.2. The average Bonchev–Trinajstić information content (AvgIpc) is 3.03. The quantitative estimate of drug-likeness (QED) is 0.277. The molecule has 2 aromatic carbocycles. The number of carbonyl (C=O) groups excluding carboxylic acids is 1. The van der Waals surface area contributed by atoms with E-state index < -0.39 is 28.6 Å². The molecule has 3 atom stereocenters. The van der Waals surface area contributed by atoms with Crippen LogP contribution in [-0.4, -0.2) is 39.4 Å². The number of hydrogen-bond donors (Lipinski definition) is 1. The predicted octanol–water partition coefficient (Wildman–Crippen LogP) is 3.80. The number of non-ortho nitro benzene ring substituents is 1. The van der Waals surface area contributed by atoms with Gasteiger partial charge in [0.05, 0.1) is 23.6 Å². The number of fused-ring (bicyclic) bond motifs is 2. The van der Waals surface area contributed by atoms with Gasteiger partial charge in [-0.3, -0.25) is 14.7 Å². The third-order valence-electron chi connectivity index (χ3n) is 5.15. The van der Waals surface area contributed by atoms with Gasteiger partial charge in [0, 0.05) is 22.7 Å². The lowest BCUT2D eigenvalue weighted by molar-refractivity contribution is -0.385. The smallest absolute Gasteiger partial charge is 0.352 e. The van der Waals surface area contributed by atoms with Gasteiger partial charge in [-0.1, -0.05) is 11.6 Å². The molecule has 9 nitrogen and oxygen atoms in total. The van der Waals surface area contributed by atoms with Crippen LogP contribution >= 0.6 is 23.8 Å². The van der Waals surface area contributed by atoms with Gasteiger partial charge in [-0.05, 0) is 43.4 Å². The molecule has 3 aromatic rings. The van der Waals surface area contributed by atoms with Gasteiger partial charge in [-0.15, -0.1) is 0 Å². The Morgan fingerprint density at radius 3 is 2.77 bits per heavy atom. The fourth-order valence-corrected chi connectivity index (χ4v) is 4.12. The zero-order valence-corrected chi connectivity index (χ0v) is 17.3. The zero-order valence-electron chi connectivity index (χ0n) is 15.7. The lowest BCUT2D eigenvalue weighted by atomic mass is 9.84. The van der Waals surface area contributed by atoms with Gasteiger partial charge in [0.2, 0.25) is 5.60 Å². The molecule has 0 fully saturated rings. The molecule has 4 rings (SSSR count). The molecule has 0 amide bonds. The Bertz CT molecular complexity index is 1250. The third kappa shape index (κ3) is 2.95. The minimum Gasteiger partial charge on any atom is -0.473 e. The second kappa shape index (κ2) is 7.08. The molecule has 30 heavy (non-hydrogen) atoms. The number of oxazole rings is 1. The van der Waals surface area contributed by atoms with Crippen molar-refractivity contribution >= 4 is 46.6 Å². The van der Waals surface area contributed by atoms with Crippen molar-refractivity contribution in [1.82, 2.24) is 4.57 Å². The molecule has 11 heteroatoms. The molecule has 0 saturated carbocycles. The average molecular weight is 451 g/mol. The standard InChI is InChI=1S/C19H15ClN2O7S/c1-19(17(24)27-2)16(23)15(11-8-10(22(25)26)4-6-13(11)29-19)21-12-7-9(20)3-5-14(12)28-18(21)30/h3-8,15-16,23H,1-2H3/t15-,16-,19-/m1/s1. The van der Waals surface area contributed by atoms with Crippen LogP contribution in [0.5, 0.6) is 5.75 Å².